The average molecular weight is 490 g/mol. The van der Waals surface area contributed by atoms with Crippen LogP contribution in [-0.4, -0.2) is 78.4 Å². The first-order valence-corrected chi connectivity index (χ1v) is 8.96. The zero-order chi connectivity index (χ0) is 25.7. The molecule has 0 atom stereocenters. The maximum Gasteiger partial charge on any atom is 0.345 e. The zero-order valence-electron chi connectivity index (χ0n) is 17.7. The number of hydrogen-bond acceptors (Lipinski definition) is 11. The summed E-state index contributed by atoms with van der Waals surface area (Å²) in [6.07, 6.45) is -1.81. The highest BCUT2D eigenvalue weighted by Crippen LogP contribution is 2.20. The molecule has 0 unspecified atom stereocenters. The fraction of sp³-hybridized carbons (Fsp3) is 0.316. The Morgan fingerprint density at radius 2 is 1.26 bits per heavy atom. The molecule has 0 fully saturated rings. The van der Waals surface area contributed by atoms with Gasteiger partial charge in [-0.2, -0.15) is 0 Å². The smallest absolute Gasteiger partial charge is 0.345 e. The van der Waals surface area contributed by atoms with Crippen LogP contribution >= 0.6 is 0 Å². The largest absolute Gasteiger partial charge is 0.471 e. The fourth-order valence-electron chi connectivity index (χ4n) is 2.10. The molecule has 11 nitrogen and oxygen atoms in total. The Kier molecular flexibility index (Phi) is 11.5. The van der Waals surface area contributed by atoms with Crippen LogP contribution in [0.2, 0.25) is 0 Å². The number of alkyl halides is 4. The maximum atomic E-state index is 12.0. The Morgan fingerprint density at radius 3 is 1.62 bits per heavy atom. The van der Waals surface area contributed by atoms with Crippen LogP contribution < -0.4 is 9.47 Å². The Hall–Kier alpha value is -4.17. The van der Waals surface area contributed by atoms with Gasteiger partial charge in [0.1, 0.15) is 23.9 Å². The van der Waals surface area contributed by atoms with Gasteiger partial charge in [-0.1, -0.05) is 6.58 Å². The van der Waals surface area contributed by atoms with Crippen molar-refractivity contribution in [3.63, 3.8) is 0 Å². The van der Waals surface area contributed by atoms with Gasteiger partial charge in [0.05, 0.1) is 19.9 Å². The third-order valence-corrected chi connectivity index (χ3v) is 3.46. The van der Waals surface area contributed by atoms with Gasteiger partial charge in [-0.15, -0.1) is 0 Å². The van der Waals surface area contributed by atoms with Crippen LogP contribution in [0.25, 0.3) is 6.08 Å². The number of carbonyl (C=O) groups is 3. The van der Waals surface area contributed by atoms with E-state index in [1.54, 1.807) is 0 Å². The van der Waals surface area contributed by atoms with E-state index in [1.807, 2.05) is 0 Å². The monoisotopic (exact) mass is 490 g/mol. The van der Waals surface area contributed by atoms with Crippen LogP contribution in [0.1, 0.15) is 36.9 Å². The second-order valence-electron chi connectivity index (χ2n) is 5.59. The molecule has 34 heavy (non-hydrogen) atoms. The number of carbonyl (C=O) groups excluding carboxylic acids is 3. The van der Waals surface area contributed by atoms with E-state index in [2.05, 4.69) is 40.7 Å². The minimum absolute atomic E-state index is 0.120. The summed E-state index contributed by atoms with van der Waals surface area (Å²) in [6.45, 7) is 1.63. The first-order chi connectivity index (χ1) is 16.2. The number of halogens is 4. The zero-order valence-corrected chi connectivity index (χ0v) is 17.7. The lowest BCUT2D eigenvalue weighted by Gasteiger charge is -2.09. The third kappa shape index (κ3) is 8.07. The summed E-state index contributed by atoms with van der Waals surface area (Å²) < 4.78 is 66.1. The van der Waals surface area contributed by atoms with E-state index in [9.17, 15) is 31.9 Å². The highest BCUT2D eigenvalue weighted by Gasteiger charge is 2.22. The van der Waals surface area contributed by atoms with Crippen LogP contribution in [0.4, 0.5) is 17.6 Å². The van der Waals surface area contributed by atoms with E-state index in [-0.39, 0.29) is 34.7 Å². The normalized spacial score (nSPS) is 10.1. The summed E-state index contributed by atoms with van der Waals surface area (Å²) >= 11 is 0. The summed E-state index contributed by atoms with van der Waals surface area (Å²) in [4.78, 5) is 47.8. The predicted molar refractivity (Wildman–Crippen MR) is 105 cm³/mol. The van der Waals surface area contributed by atoms with Crippen LogP contribution in [-0.2, 0) is 9.47 Å². The molecule has 0 saturated heterocycles. The van der Waals surface area contributed by atoms with Crippen molar-refractivity contribution in [2.75, 3.05) is 27.4 Å². The first kappa shape index (κ1) is 27.9. The van der Waals surface area contributed by atoms with Gasteiger partial charge in [0, 0.05) is 0 Å². The number of hydrogen-bond donors (Lipinski definition) is 0. The molecule has 2 heterocycles. The molecule has 0 aliphatic carbocycles. The second-order valence-corrected chi connectivity index (χ2v) is 5.59. The number of aromatic nitrogens is 4. The molecular formula is C19H18F4N4O7. The number of rotatable bonds is 10. The first-order valence-electron chi connectivity index (χ1n) is 8.96. The topological polar surface area (TPSA) is 140 Å². The summed E-state index contributed by atoms with van der Waals surface area (Å²) in [7, 11) is 2.22. The molecule has 0 aliphatic rings. The Bertz CT molecular complexity index is 929. The molecule has 184 valence electrons. The van der Waals surface area contributed by atoms with Gasteiger partial charge in [0.15, 0.2) is 25.1 Å². The predicted octanol–water partition coefficient (Wildman–Crippen LogP) is 2.27. The molecular weight excluding hydrogens is 472 g/mol. The summed E-state index contributed by atoms with van der Waals surface area (Å²) in [5, 5.41) is 0. The maximum absolute atomic E-state index is 12.0. The van der Waals surface area contributed by atoms with E-state index in [0.717, 1.165) is 26.9 Å². The molecule has 2 aromatic heterocycles. The lowest BCUT2D eigenvalue weighted by molar-refractivity contribution is 0.0565. The van der Waals surface area contributed by atoms with Gasteiger partial charge < -0.3 is 18.9 Å². The number of esters is 2. The van der Waals surface area contributed by atoms with Crippen molar-refractivity contribution < 1.29 is 50.9 Å². The Morgan fingerprint density at radius 1 is 0.853 bits per heavy atom. The van der Waals surface area contributed by atoms with Crippen LogP contribution in [0.5, 0.6) is 11.8 Å². The lowest BCUT2D eigenvalue weighted by atomic mass is 10.2. The molecule has 0 saturated carbocycles. The summed E-state index contributed by atoms with van der Waals surface area (Å²) in [5.41, 5.74) is -0.608. The Balaban J connectivity index is 0.000000340. The number of methoxy groups -OCH3 is 2. The van der Waals surface area contributed by atoms with Gasteiger partial charge >= 0.3 is 11.9 Å². The van der Waals surface area contributed by atoms with Crippen molar-refractivity contribution in [2.24, 2.45) is 0 Å². The summed E-state index contributed by atoms with van der Waals surface area (Å²) in [6, 6.07) is 0. The molecule has 0 bridgehead atoms. The molecule has 0 amide bonds. The average Bonchev–Trinajstić information content (AvgIpc) is 2.84. The van der Waals surface area contributed by atoms with Crippen molar-refractivity contribution in [1.29, 1.82) is 0 Å². The number of nitrogens with zero attached hydrogens (tertiary/aromatic N) is 4. The van der Waals surface area contributed by atoms with Crippen molar-refractivity contribution in [3.05, 3.63) is 41.7 Å². The molecule has 15 heteroatoms. The standard InChI is InChI=1S/C10H10F2N2O3.C9H8F2N2O4/c1-3-6-8(10(15)16-2)9(14-5-13-6)17-4-7(11)12;1-16-9(15)7-5(2-14)12-4-13-8(7)17-3-6(10)11/h3,5,7H,1,4H2,2H3;2,4,6H,3H2,1H3. The molecule has 0 aliphatic heterocycles. The molecule has 0 spiro atoms. The molecule has 0 aromatic carbocycles. The van der Waals surface area contributed by atoms with Crippen LogP contribution in [0, 0.1) is 0 Å². The van der Waals surface area contributed by atoms with Gasteiger partial charge in [-0.25, -0.2) is 47.1 Å². The lowest BCUT2D eigenvalue weighted by Crippen LogP contribution is -2.15. The molecule has 0 radical (unpaired) electrons. The highest BCUT2D eigenvalue weighted by molar-refractivity contribution is 5.99. The van der Waals surface area contributed by atoms with Crippen molar-refractivity contribution in [2.45, 2.75) is 12.9 Å². The van der Waals surface area contributed by atoms with Crippen molar-refractivity contribution in [1.82, 2.24) is 19.9 Å². The summed E-state index contributed by atoms with van der Waals surface area (Å²) in [5.74, 6) is -2.36. The van der Waals surface area contributed by atoms with Crippen molar-refractivity contribution in [3.8, 4) is 11.8 Å². The molecule has 0 N–H and O–H groups in total. The SMILES string of the molecule is C=Cc1ncnc(OCC(F)F)c1C(=O)OC.COC(=O)c1c(C=O)ncnc1OCC(F)F. The van der Waals surface area contributed by atoms with Gasteiger partial charge in [0.25, 0.3) is 12.9 Å². The molecule has 2 rings (SSSR count). The van der Waals surface area contributed by atoms with E-state index >= 15 is 0 Å². The van der Waals surface area contributed by atoms with Gasteiger partial charge in [-0.3, -0.25) is 4.79 Å². The van der Waals surface area contributed by atoms with E-state index in [4.69, 9.17) is 4.74 Å². The minimum atomic E-state index is -2.73. The number of aldehydes is 1. The number of ether oxygens (including phenoxy) is 4. The van der Waals surface area contributed by atoms with Crippen LogP contribution in [0.3, 0.4) is 0 Å². The third-order valence-electron chi connectivity index (χ3n) is 3.46. The van der Waals surface area contributed by atoms with Crippen LogP contribution in [0.15, 0.2) is 19.2 Å². The Labute approximate surface area is 189 Å². The second kappa shape index (κ2) is 14.1. The van der Waals surface area contributed by atoms with Crippen molar-refractivity contribution >= 4 is 24.3 Å². The van der Waals surface area contributed by atoms with Gasteiger partial charge in [-0.05, 0) is 6.08 Å². The minimum Gasteiger partial charge on any atom is -0.471 e. The molecule has 2 aromatic rings. The van der Waals surface area contributed by atoms with Gasteiger partial charge in [0.2, 0.25) is 11.8 Å². The highest BCUT2D eigenvalue weighted by atomic mass is 19.3. The quantitative estimate of drug-likeness (QED) is 0.275. The van der Waals surface area contributed by atoms with E-state index in [0.29, 0.717) is 0 Å². The van der Waals surface area contributed by atoms with E-state index in [1.165, 1.54) is 6.08 Å². The fourth-order valence-corrected chi connectivity index (χ4v) is 2.10. The van der Waals surface area contributed by atoms with E-state index < -0.39 is 43.9 Å².